The summed E-state index contributed by atoms with van der Waals surface area (Å²) in [4.78, 5) is 13.6. The molecule has 5 nitrogen and oxygen atoms in total. The molecule has 96 valence electrons. The molecule has 1 aliphatic heterocycles. The molecule has 5 heteroatoms. The fourth-order valence-corrected chi connectivity index (χ4v) is 2.12. The lowest BCUT2D eigenvalue weighted by atomic mass is 10.0. The third-order valence-electron chi connectivity index (χ3n) is 3.10. The molecule has 0 radical (unpaired) electrons. The number of hydrogen-bond acceptors (Lipinski definition) is 3. The lowest BCUT2D eigenvalue weighted by molar-refractivity contribution is 0.175. The van der Waals surface area contributed by atoms with Gasteiger partial charge in [-0.15, -0.1) is 0 Å². The Morgan fingerprint density at radius 3 is 3.17 bits per heavy atom. The smallest absolute Gasteiger partial charge is 0.317 e. The molecule has 0 unspecified atom stereocenters. The van der Waals surface area contributed by atoms with E-state index in [4.69, 9.17) is 9.68 Å². The SMILES string of the molecule is Cc1ccc(CNC(=O)N2CCC[C@H](C#N)C2)o1. The van der Waals surface area contributed by atoms with Gasteiger partial charge in [0.05, 0.1) is 18.5 Å². The molecule has 1 saturated heterocycles. The minimum atomic E-state index is -0.121. The second-order valence-corrected chi connectivity index (χ2v) is 4.59. The Bertz CT molecular complexity index is 461. The van der Waals surface area contributed by atoms with E-state index in [9.17, 15) is 4.79 Å². The van der Waals surface area contributed by atoms with E-state index < -0.39 is 0 Å². The van der Waals surface area contributed by atoms with Crippen molar-refractivity contribution in [3.63, 3.8) is 0 Å². The van der Waals surface area contributed by atoms with Crippen molar-refractivity contribution in [1.29, 1.82) is 5.26 Å². The number of nitrogens with one attached hydrogen (secondary N) is 1. The Labute approximate surface area is 106 Å². The van der Waals surface area contributed by atoms with E-state index in [-0.39, 0.29) is 11.9 Å². The van der Waals surface area contributed by atoms with Gasteiger partial charge in [-0.1, -0.05) is 0 Å². The fourth-order valence-electron chi connectivity index (χ4n) is 2.12. The maximum Gasteiger partial charge on any atom is 0.317 e. The number of aryl methyl sites for hydroxylation is 1. The number of furan rings is 1. The quantitative estimate of drug-likeness (QED) is 0.869. The summed E-state index contributed by atoms with van der Waals surface area (Å²) < 4.78 is 5.38. The van der Waals surface area contributed by atoms with Crippen LogP contribution in [0.2, 0.25) is 0 Å². The van der Waals surface area contributed by atoms with Crippen LogP contribution in [0.3, 0.4) is 0 Å². The molecule has 2 rings (SSSR count). The number of rotatable bonds is 2. The number of piperidine rings is 1. The average Bonchev–Trinajstić information content (AvgIpc) is 2.82. The summed E-state index contributed by atoms with van der Waals surface area (Å²) in [6.45, 7) is 3.51. The molecule has 0 aromatic carbocycles. The van der Waals surface area contributed by atoms with Gasteiger partial charge in [-0.2, -0.15) is 5.26 Å². The molecule has 1 atom stereocenters. The van der Waals surface area contributed by atoms with Gasteiger partial charge in [-0.25, -0.2) is 4.79 Å². The number of nitrogens with zero attached hydrogens (tertiary/aromatic N) is 2. The number of likely N-dealkylation sites (tertiary alicyclic amines) is 1. The predicted octanol–water partition coefficient (Wildman–Crippen LogP) is 2.03. The Morgan fingerprint density at radius 2 is 2.50 bits per heavy atom. The van der Waals surface area contributed by atoms with Gasteiger partial charge in [-0.05, 0) is 31.9 Å². The minimum Gasteiger partial charge on any atom is -0.465 e. The highest BCUT2D eigenvalue weighted by molar-refractivity contribution is 5.74. The van der Waals surface area contributed by atoms with Crippen molar-refractivity contribution in [3.05, 3.63) is 23.7 Å². The molecule has 1 aromatic rings. The Morgan fingerprint density at radius 1 is 1.67 bits per heavy atom. The van der Waals surface area contributed by atoms with Gasteiger partial charge in [0.25, 0.3) is 0 Å². The molecule has 1 N–H and O–H groups in total. The summed E-state index contributed by atoms with van der Waals surface area (Å²) >= 11 is 0. The van der Waals surface area contributed by atoms with Gasteiger partial charge in [0.2, 0.25) is 0 Å². The molecule has 0 aliphatic carbocycles. The second kappa shape index (κ2) is 5.58. The zero-order valence-electron chi connectivity index (χ0n) is 10.5. The van der Waals surface area contributed by atoms with Gasteiger partial charge < -0.3 is 14.6 Å². The average molecular weight is 247 g/mol. The first-order valence-corrected chi connectivity index (χ1v) is 6.17. The van der Waals surface area contributed by atoms with E-state index >= 15 is 0 Å². The van der Waals surface area contributed by atoms with E-state index in [0.29, 0.717) is 13.1 Å². The highest BCUT2D eigenvalue weighted by Gasteiger charge is 2.23. The number of hydrogen-bond donors (Lipinski definition) is 1. The van der Waals surface area contributed by atoms with E-state index in [1.165, 1.54) is 0 Å². The van der Waals surface area contributed by atoms with E-state index in [1.807, 2.05) is 19.1 Å². The maximum absolute atomic E-state index is 11.9. The largest absolute Gasteiger partial charge is 0.465 e. The third-order valence-corrected chi connectivity index (χ3v) is 3.10. The topological polar surface area (TPSA) is 69.3 Å². The van der Waals surface area contributed by atoms with E-state index in [2.05, 4.69) is 11.4 Å². The van der Waals surface area contributed by atoms with Gasteiger partial charge in [-0.3, -0.25) is 0 Å². The molecule has 1 aliphatic rings. The molecule has 18 heavy (non-hydrogen) atoms. The molecule has 1 fully saturated rings. The van der Waals surface area contributed by atoms with E-state index in [0.717, 1.165) is 30.9 Å². The second-order valence-electron chi connectivity index (χ2n) is 4.59. The Balaban J connectivity index is 1.82. The molecule has 0 bridgehead atoms. The molecule has 0 spiro atoms. The van der Waals surface area contributed by atoms with Crippen LogP contribution in [-0.4, -0.2) is 24.0 Å². The van der Waals surface area contributed by atoms with Crippen molar-refractivity contribution in [3.8, 4) is 6.07 Å². The number of carbonyl (C=O) groups is 1. The first-order valence-electron chi connectivity index (χ1n) is 6.17. The van der Waals surface area contributed by atoms with Crippen molar-refractivity contribution in [2.45, 2.75) is 26.3 Å². The van der Waals surface area contributed by atoms with Crippen molar-refractivity contribution < 1.29 is 9.21 Å². The first-order chi connectivity index (χ1) is 8.69. The minimum absolute atomic E-state index is 0.0321. The molecule has 0 saturated carbocycles. The van der Waals surface area contributed by atoms with Gasteiger partial charge in [0.1, 0.15) is 11.5 Å². The molecule has 2 amide bonds. The van der Waals surface area contributed by atoms with Crippen molar-refractivity contribution >= 4 is 6.03 Å². The van der Waals surface area contributed by atoms with Crippen LogP contribution in [0.1, 0.15) is 24.4 Å². The van der Waals surface area contributed by atoms with Gasteiger partial charge in [0.15, 0.2) is 0 Å². The number of amides is 2. The monoisotopic (exact) mass is 247 g/mol. The standard InChI is InChI=1S/C13H17N3O2/c1-10-4-5-12(18-10)8-15-13(17)16-6-2-3-11(7-14)9-16/h4-5,11H,2-3,6,8-9H2,1H3,(H,15,17)/t11-/m1/s1. The van der Waals surface area contributed by atoms with Gasteiger partial charge >= 0.3 is 6.03 Å². The summed E-state index contributed by atoms with van der Waals surface area (Å²) in [5.41, 5.74) is 0. The zero-order valence-corrected chi connectivity index (χ0v) is 10.5. The maximum atomic E-state index is 11.9. The van der Waals surface area contributed by atoms with Crippen molar-refractivity contribution in [1.82, 2.24) is 10.2 Å². The molecular formula is C13H17N3O2. The number of carbonyl (C=O) groups excluding carboxylic acids is 1. The number of urea groups is 1. The van der Waals surface area contributed by atoms with Gasteiger partial charge in [0, 0.05) is 13.1 Å². The Kier molecular flexibility index (Phi) is 3.88. The lowest BCUT2D eigenvalue weighted by Gasteiger charge is -2.29. The van der Waals surface area contributed by atoms with Crippen molar-refractivity contribution in [2.24, 2.45) is 5.92 Å². The normalized spacial score (nSPS) is 19.3. The van der Waals surface area contributed by atoms with Crippen LogP contribution in [0.25, 0.3) is 0 Å². The Hall–Kier alpha value is -1.96. The van der Waals surface area contributed by atoms with Crippen molar-refractivity contribution in [2.75, 3.05) is 13.1 Å². The first kappa shape index (κ1) is 12.5. The van der Waals surface area contributed by atoms with Crippen LogP contribution in [0.4, 0.5) is 4.79 Å². The van der Waals surface area contributed by atoms with Crippen LogP contribution in [0.15, 0.2) is 16.5 Å². The summed E-state index contributed by atoms with van der Waals surface area (Å²) in [7, 11) is 0. The van der Waals surface area contributed by atoms with Crippen LogP contribution in [0.5, 0.6) is 0 Å². The van der Waals surface area contributed by atoms with Crippen LogP contribution in [-0.2, 0) is 6.54 Å². The van der Waals surface area contributed by atoms with Crippen LogP contribution >= 0.6 is 0 Å². The molecule has 2 heterocycles. The van der Waals surface area contributed by atoms with Crippen LogP contribution < -0.4 is 5.32 Å². The highest BCUT2D eigenvalue weighted by Crippen LogP contribution is 2.15. The summed E-state index contributed by atoms with van der Waals surface area (Å²) in [6.07, 6.45) is 1.78. The number of nitriles is 1. The van der Waals surface area contributed by atoms with E-state index in [1.54, 1.807) is 4.90 Å². The fraction of sp³-hybridized carbons (Fsp3) is 0.538. The highest BCUT2D eigenvalue weighted by atomic mass is 16.3. The lowest BCUT2D eigenvalue weighted by Crippen LogP contribution is -2.45. The third kappa shape index (κ3) is 3.04. The molecular weight excluding hydrogens is 230 g/mol. The zero-order chi connectivity index (χ0) is 13.0. The molecule has 1 aromatic heterocycles. The summed E-state index contributed by atoms with van der Waals surface area (Å²) in [5.74, 6) is 1.55. The predicted molar refractivity (Wildman–Crippen MR) is 65.6 cm³/mol. The summed E-state index contributed by atoms with van der Waals surface area (Å²) in [5, 5.41) is 11.7. The van der Waals surface area contributed by atoms with Crippen LogP contribution in [0, 0.1) is 24.2 Å². The summed E-state index contributed by atoms with van der Waals surface area (Å²) in [6, 6.07) is 5.82.